The van der Waals surface area contributed by atoms with Crippen LogP contribution in [0, 0.1) is 5.82 Å². The first kappa shape index (κ1) is 46.5. The van der Waals surface area contributed by atoms with Crippen molar-refractivity contribution < 1.29 is 23.5 Å². The number of ether oxygens (including phenoxy) is 2. The molecule has 2 amide bonds. The molecule has 0 radical (unpaired) electrons. The van der Waals surface area contributed by atoms with E-state index in [1.54, 1.807) is 30.7 Å². The molecule has 2 saturated carbocycles. The number of pyridine rings is 2. The van der Waals surface area contributed by atoms with Crippen LogP contribution in [-0.4, -0.2) is 79.9 Å². The smallest absolute Gasteiger partial charge is 0.255 e. The molecule has 0 spiro atoms. The van der Waals surface area contributed by atoms with Gasteiger partial charge >= 0.3 is 0 Å². The molecule has 0 unspecified atom stereocenters. The average Bonchev–Trinajstić information content (AvgIpc) is 4.13. The fraction of sp³-hybridized carbons (Fsp3) is 0.490. The van der Waals surface area contributed by atoms with Crippen LogP contribution in [-0.2, 0) is 33.6 Å². The van der Waals surface area contributed by atoms with Gasteiger partial charge in [0.05, 0.1) is 56.7 Å². The maximum Gasteiger partial charge on any atom is 0.255 e. The summed E-state index contributed by atoms with van der Waals surface area (Å²) in [5.41, 5.74) is 5.29. The first-order valence-electron chi connectivity index (χ1n) is 24.2. The molecule has 4 N–H and O–H groups in total. The van der Waals surface area contributed by atoms with Crippen LogP contribution in [0.4, 0.5) is 15.8 Å². The van der Waals surface area contributed by atoms with Crippen molar-refractivity contribution in [3.05, 3.63) is 106 Å². The lowest BCUT2D eigenvalue weighted by atomic mass is 9.76. The number of aryl methyl sites for hydroxylation is 2. The Kier molecular flexibility index (Phi) is 14.4. The third kappa shape index (κ3) is 10.0. The Morgan fingerprint density at radius 3 is 1.58 bits per heavy atom. The van der Waals surface area contributed by atoms with Gasteiger partial charge in [-0.3, -0.25) is 9.59 Å². The topological polar surface area (TPSA) is 162 Å². The van der Waals surface area contributed by atoms with Crippen molar-refractivity contribution in [2.45, 2.75) is 134 Å². The fourth-order valence-corrected chi connectivity index (χ4v) is 10.7. The molecule has 4 fully saturated rings. The van der Waals surface area contributed by atoms with Crippen molar-refractivity contribution >= 4 is 56.9 Å². The third-order valence-electron chi connectivity index (χ3n) is 14.2. The Hall–Kier alpha value is -5.64. The number of carbonyl (C=O) groups excluding carboxylic acids is 2. The minimum Gasteiger partial charge on any atom is -0.381 e. The van der Waals surface area contributed by atoms with E-state index in [1.807, 2.05) is 47.6 Å². The normalized spacial score (nSPS) is 18.6. The van der Waals surface area contributed by atoms with Gasteiger partial charge in [0.25, 0.3) is 11.8 Å². The van der Waals surface area contributed by atoms with E-state index in [1.165, 1.54) is 12.1 Å². The highest BCUT2D eigenvalue weighted by molar-refractivity contribution is 6.30. The lowest BCUT2D eigenvalue weighted by Gasteiger charge is -2.39. The van der Waals surface area contributed by atoms with E-state index >= 15 is 0 Å². The molecule has 2 aliphatic heterocycles. The van der Waals surface area contributed by atoms with Gasteiger partial charge in [0.15, 0.2) is 11.3 Å². The fourth-order valence-electron chi connectivity index (χ4n) is 10.5. The van der Waals surface area contributed by atoms with Crippen molar-refractivity contribution in [2.24, 2.45) is 0 Å². The van der Waals surface area contributed by atoms with Crippen LogP contribution in [0.3, 0.4) is 0 Å². The first-order chi connectivity index (χ1) is 32.7. The number of benzene rings is 2. The molecular weight excluding hydrogens is 871 g/mol. The lowest BCUT2D eigenvalue weighted by molar-refractivity contribution is 0.0862. The maximum absolute atomic E-state index is 13.8. The van der Waals surface area contributed by atoms with Gasteiger partial charge in [-0.25, -0.2) is 23.7 Å². The summed E-state index contributed by atoms with van der Waals surface area (Å²) in [6, 6.07) is 14.9. The number of amides is 2. The van der Waals surface area contributed by atoms with E-state index in [9.17, 15) is 14.0 Å². The molecule has 6 heterocycles. The highest BCUT2D eigenvalue weighted by Gasteiger charge is 2.39. The zero-order chi connectivity index (χ0) is 46.4. The second-order valence-corrected chi connectivity index (χ2v) is 18.8. The minimum absolute atomic E-state index is 0.120. The summed E-state index contributed by atoms with van der Waals surface area (Å²) >= 11 is 6.30. The van der Waals surface area contributed by atoms with E-state index < -0.39 is 11.1 Å². The minimum atomic E-state index is -0.512. The number of carbonyl (C=O) groups is 2. The molecule has 67 heavy (non-hydrogen) atoms. The van der Waals surface area contributed by atoms with Crippen molar-refractivity contribution in [3.63, 3.8) is 0 Å². The second kappa shape index (κ2) is 20.7. The van der Waals surface area contributed by atoms with E-state index in [-0.39, 0.29) is 29.7 Å². The van der Waals surface area contributed by atoms with Crippen LogP contribution < -0.4 is 21.3 Å². The largest absolute Gasteiger partial charge is 0.381 e. The molecule has 2 aliphatic carbocycles. The zero-order valence-corrected chi connectivity index (χ0v) is 39.3. The number of nitrogens with one attached hydrogen (secondary N) is 4. The number of fused-ring (bicyclic) bond motifs is 2. The molecule has 0 bridgehead atoms. The van der Waals surface area contributed by atoms with Gasteiger partial charge in [-0.15, -0.1) is 0 Å². The Morgan fingerprint density at radius 2 is 1.12 bits per heavy atom. The Labute approximate surface area is 396 Å². The molecule has 2 saturated heterocycles. The van der Waals surface area contributed by atoms with E-state index in [4.69, 9.17) is 21.1 Å². The summed E-state index contributed by atoms with van der Waals surface area (Å²) in [4.78, 5) is 36.8. The van der Waals surface area contributed by atoms with Gasteiger partial charge < -0.3 is 30.7 Å². The monoisotopic (exact) mass is 932 g/mol. The molecule has 16 heteroatoms. The molecule has 2 aromatic carbocycles. The highest BCUT2D eigenvalue weighted by Crippen LogP contribution is 2.41. The van der Waals surface area contributed by atoms with Crippen LogP contribution in [0.1, 0.15) is 129 Å². The van der Waals surface area contributed by atoms with Crippen LogP contribution in [0.15, 0.2) is 73.3 Å². The van der Waals surface area contributed by atoms with Gasteiger partial charge in [-0.1, -0.05) is 68.0 Å². The quantitative estimate of drug-likeness (QED) is 0.0930. The molecule has 0 atom stereocenters. The van der Waals surface area contributed by atoms with E-state index in [0.717, 1.165) is 148 Å². The zero-order valence-electron chi connectivity index (χ0n) is 38.6. The number of rotatable bonds is 12. The van der Waals surface area contributed by atoms with Gasteiger partial charge in [-0.05, 0) is 101 Å². The summed E-state index contributed by atoms with van der Waals surface area (Å²) in [6.45, 7) is 8.33. The van der Waals surface area contributed by atoms with Crippen molar-refractivity contribution in [1.29, 1.82) is 0 Å². The standard InChI is InChI=1S/C26H32FN5O2.C25H30ClN5O2/c1-2-32-24-21(17-29-32)23(30-20-10-14-34-15-11-20)22(16-28-24)25(33)31-26(12-4-3-5-13-26)18-6-8-19(27)9-7-18;1-2-31-23-20(16-28-31)22(29-19-8-12-33-13-9-19)21(15-27-23)24(32)30-25(10-3-4-11-25)17-6-5-7-18(26)14-17/h6-9,16-17,20H,2-5,10-15H2,1H3,(H,28,30)(H,31,33);5-7,14-16,19H,2-4,8-13H2,1H3,(H,27,29)(H,30,32). The molecular formula is C51H62ClFN10O4. The van der Waals surface area contributed by atoms with Crippen LogP contribution in [0.2, 0.25) is 5.02 Å². The molecule has 4 aromatic heterocycles. The molecule has 14 nitrogen and oxygen atoms in total. The Morgan fingerprint density at radius 1 is 0.657 bits per heavy atom. The van der Waals surface area contributed by atoms with Gasteiger partial charge in [0.2, 0.25) is 0 Å². The number of aromatic nitrogens is 6. The van der Waals surface area contributed by atoms with Crippen molar-refractivity contribution in [1.82, 2.24) is 40.2 Å². The van der Waals surface area contributed by atoms with Gasteiger partial charge in [0.1, 0.15) is 5.82 Å². The number of nitrogens with zero attached hydrogens (tertiary/aromatic N) is 6. The summed E-state index contributed by atoms with van der Waals surface area (Å²) in [6.07, 6.45) is 19.3. The molecule has 6 aromatic rings. The summed E-state index contributed by atoms with van der Waals surface area (Å²) in [7, 11) is 0. The second-order valence-electron chi connectivity index (χ2n) is 18.4. The number of hydrogen-bond donors (Lipinski definition) is 4. The van der Waals surface area contributed by atoms with Gasteiger partial charge in [-0.2, -0.15) is 10.2 Å². The number of hydrogen-bond acceptors (Lipinski definition) is 10. The maximum atomic E-state index is 13.8. The predicted molar refractivity (Wildman–Crippen MR) is 259 cm³/mol. The van der Waals surface area contributed by atoms with Crippen LogP contribution in [0.5, 0.6) is 0 Å². The van der Waals surface area contributed by atoms with Crippen LogP contribution in [0.25, 0.3) is 22.1 Å². The van der Waals surface area contributed by atoms with Crippen molar-refractivity contribution in [3.8, 4) is 0 Å². The third-order valence-corrected chi connectivity index (χ3v) is 14.4. The Bertz CT molecular complexity index is 2660. The SMILES string of the molecule is CCn1ncc2c(NC3CCOCC3)c(C(=O)NC3(c4ccc(F)cc4)CCCCC3)cnc21.CCn1ncc2c(NC3CCOCC3)c(C(=O)NC3(c4cccc(Cl)c4)CCCC3)cnc21. The van der Waals surface area contributed by atoms with Crippen LogP contribution >= 0.6 is 11.6 Å². The molecule has 4 aliphatic rings. The summed E-state index contributed by atoms with van der Waals surface area (Å²) in [5, 5.41) is 25.4. The average molecular weight is 934 g/mol. The van der Waals surface area contributed by atoms with E-state index in [2.05, 4.69) is 47.5 Å². The molecule has 10 rings (SSSR count). The number of halogens is 2. The predicted octanol–water partition coefficient (Wildman–Crippen LogP) is 9.67. The van der Waals surface area contributed by atoms with Crippen molar-refractivity contribution in [2.75, 3.05) is 37.1 Å². The number of anilines is 2. The first-order valence-corrected chi connectivity index (χ1v) is 24.6. The van der Waals surface area contributed by atoms with E-state index in [0.29, 0.717) is 35.9 Å². The lowest BCUT2D eigenvalue weighted by Crippen LogP contribution is -2.47. The van der Waals surface area contributed by atoms with Gasteiger partial charge in [0, 0.05) is 69.0 Å². The molecule has 354 valence electrons. The highest BCUT2D eigenvalue weighted by atomic mass is 35.5. The Balaban J connectivity index is 0.000000168. The summed E-state index contributed by atoms with van der Waals surface area (Å²) < 4.78 is 28.4. The summed E-state index contributed by atoms with van der Waals surface area (Å²) in [5.74, 6) is -0.559.